The fourth-order valence-corrected chi connectivity index (χ4v) is 2.95. The van der Waals surface area contributed by atoms with Gasteiger partial charge in [-0.1, -0.05) is 6.07 Å². The first-order chi connectivity index (χ1) is 13.0. The first-order valence-corrected chi connectivity index (χ1v) is 8.78. The van der Waals surface area contributed by atoms with Crippen LogP contribution in [-0.2, 0) is 4.79 Å². The van der Waals surface area contributed by atoms with Crippen molar-refractivity contribution in [2.45, 2.75) is 13.8 Å². The molecule has 1 saturated heterocycles. The van der Waals surface area contributed by atoms with Crippen LogP contribution in [0, 0.1) is 6.92 Å². The number of methoxy groups -OCH3 is 1. The summed E-state index contributed by atoms with van der Waals surface area (Å²) in [4.78, 5) is 36.5. The molecule has 1 aliphatic rings. The Bertz CT molecular complexity index is 847. The second-order valence-corrected chi connectivity index (χ2v) is 6.37. The van der Waals surface area contributed by atoms with Gasteiger partial charge in [0.1, 0.15) is 11.4 Å². The number of piperazine rings is 1. The minimum absolute atomic E-state index is 0.0322. The molecule has 1 aliphatic heterocycles. The molecule has 0 unspecified atom stereocenters. The summed E-state index contributed by atoms with van der Waals surface area (Å²) < 4.78 is 5.21. The van der Waals surface area contributed by atoms with E-state index in [1.807, 2.05) is 31.2 Å². The molecule has 2 amide bonds. The molecule has 0 spiro atoms. The molecule has 1 N–H and O–H groups in total. The quantitative estimate of drug-likeness (QED) is 0.885. The summed E-state index contributed by atoms with van der Waals surface area (Å²) in [6.07, 6.45) is 0. The van der Waals surface area contributed by atoms with Gasteiger partial charge in [0.2, 0.25) is 11.9 Å². The molecule has 1 aromatic heterocycles. The molecular formula is C19H23N5O3. The summed E-state index contributed by atoms with van der Waals surface area (Å²) in [6, 6.07) is 9.08. The number of nitrogens with one attached hydrogen (secondary N) is 1. The number of ether oxygens (including phenoxy) is 1. The van der Waals surface area contributed by atoms with Crippen molar-refractivity contribution < 1.29 is 14.3 Å². The fraction of sp³-hybridized carbons (Fsp3) is 0.368. The van der Waals surface area contributed by atoms with Crippen LogP contribution in [0.25, 0.3) is 0 Å². The van der Waals surface area contributed by atoms with Crippen molar-refractivity contribution in [3.63, 3.8) is 0 Å². The third-order valence-corrected chi connectivity index (χ3v) is 4.41. The van der Waals surface area contributed by atoms with Gasteiger partial charge in [-0.3, -0.25) is 9.59 Å². The van der Waals surface area contributed by atoms with Crippen LogP contribution < -0.4 is 10.1 Å². The van der Waals surface area contributed by atoms with Gasteiger partial charge in [-0.05, 0) is 25.1 Å². The van der Waals surface area contributed by atoms with E-state index < -0.39 is 0 Å². The Morgan fingerprint density at radius 3 is 2.44 bits per heavy atom. The molecule has 0 atom stereocenters. The van der Waals surface area contributed by atoms with Gasteiger partial charge >= 0.3 is 0 Å². The van der Waals surface area contributed by atoms with Crippen molar-refractivity contribution in [1.29, 1.82) is 0 Å². The van der Waals surface area contributed by atoms with Gasteiger partial charge in [-0.25, -0.2) is 9.97 Å². The molecule has 0 radical (unpaired) electrons. The van der Waals surface area contributed by atoms with E-state index in [-0.39, 0.29) is 11.8 Å². The number of benzene rings is 1. The smallest absolute Gasteiger partial charge is 0.272 e. The van der Waals surface area contributed by atoms with Crippen LogP contribution in [0.5, 0.6) is 5.75 Å². The van der Waals surface area contributed by atoms with Gasteiger partial charge in [0, 0.05) is 50.6 Å². The maximum atomic E-state index is 12.8. The molecule has 2 aromatic rings. The van der Waals surface area contributed by atoms with Gasteiger partial charge < -0.3 is 19.9 Å². The van der Waals surface area contributed by atoms with Crippen LogP contribution in [0.2, 0.25) is 0 Å². The molecule has 0 bridgehead atoms. The lowest BCUT2D eigenvalue weighted by molar-refractivity contribution is -0.130. The SMILES string of the molecule is COc1cccc(Nc2nc(C)cc(C(=O)N3CCN(C(C)=O)CC3)n2)c1. The van der Waals surface area contributed by atoms with Crippen LogP contribution >= 0.6 is 0 Å². The lowest BCUT2D eigenvalue weighted by Gasteiger charge is -2.34. The minimum Gasteiger partial charge on any atom is -0.497 e. The molecule has 1 aromatic carbocycles. The van der Waals surface area contributed by atoms with Crippen LogP contribution in [0.1, 0.15) is 23.1 Å². The predicted octanol–water partition coefficient (Wildman–Crippen LogP) is 1.84. The first kappa shape index (κ1) is 18.6. The number of nitrogens with zero attached hydrogens (tertiary/aromatic N) is 4. The number of carbonyl (C=O) groups is 2. The Morgan fingerprint density at radius 1 is 1.07 bits per heavy atom. The first-order valence-electron chi connectivity index (χ1n) is 8.78. The number of anilines is 2. The lowest BCUT2D eigenvalue weighted by atomic mass is 10.2. The summed E-state index contributed by atoms with van der Waals surface area (Å²) in [6.45, 7) is 5.45. The Morgan fingerprint density at radius 2 is 1.78 bits per heavy atom. The molecule has 142 valence electrons. The Balaban J connectivity index is 1.75. The highest BCUT2D eigenvalue weighted by Gasteiger charge is 2.24. The molecule has 27 heavy (non-hydrogen) atoms. The van der Waals surface area contributed by atoms with Gasteiger partial charge in [-0.15, -0.1) is 0 Å². The van der Waals surface area contributed by atoms with Crippen molar-refractivity contribution in [3.05, 3.63) is 41.7 Å². The maximum absolute atomic E-state index is 12.8. The summed E-state index contributed by atoms with van der Waals surface area (Å²) in [7, 11) is 1.60. The number of carbonyl (C=O) groups excluding carboxylic acids is 2. The summed E-state index contributed by atoms with van der Waals surface area (Å²) in [5, 5.41) is 3.11. The van der Waals surface area contributed by atoms with E-state index in [1.165, 1.54) is 0 Å². The van der Waals surface area contributed by atoms with Gasteiger partial charge in [0.05, 0.1) is 7.11 Å². The fourth-order valence-electron chi connectivity index (χ4n) is 2.95. The lowest BCUT2D eigenvalue weighted by Crippen LogP contribution is -2.50. The number of hydrogen-bond donors (Lipinski definition) is 1. The highest BCUT2D eigenvalue weighted by atomic mass is 16.5. The number of aromatic nitrogens is 2. The highest BCUT2D eigenvalue weighted by Crippen LogP contribution is 2.20. The van der Waals surface area contributed by atoms with E-state index in [1.54, 1.807) is 29.9 Å². The molecular weight excluding hydrogens is 346 g/mol. The average Bonchev–Trinajstić information content (AvgIpc) is 2.67. The Labute approximate surface area is 158 Å². The predicted molar refractivity (Wildman–Crippen MR) is 101 cm³/mol. The summed E-state index contributed by atoms with van der Waals surface area (Å²) in [5.41, 5.74) is 1.80. The third kappa shape index (κ3) is 4.52. The van der Waals surface area contributed by atoms with E-state index in [0.717, 1.165) is 5.69 Å². The largest absolute Gasteiger partial charge is 0.497 e. The monoisotopic (exact) mass is 369 g/mol. The normalized spacial score (nSPS) is 14.0. The van der Waals surface area contributed by atoms with Crippen molar-refractivity contribution in [3.8, 4) is 5.75 Å². The Kier molecular flexibility index (Phi) is 5.54. The average molecular weight is 369 g/mol. The molecule has 0 aliphatic carbocycles. The second kappa shape index (κ2) is 8.03. The molecule has 1 fully saturated rings. The van der Waals surface area contributed by atoms with E-state index in [9.17, 15) is 9.59 Å². The molecule has 8 nitrogen and oxygen atoms in total. The molecule has 0 saturated carbocycles. The van der Waals surface area contributed by atoms with Crippen LogP contribution in [0.4, 0.5) is 11.6 Å². The number of hydrogen-bond acceptors (Lipinski definition) is 6. The number of aryl methyl sites for hydroxylation is 1. The zero-order chi connectivity index (χ0) is 19.4. The van der Waals surface area contributed by atoms with Gasteiger partial charge in [-0.2, -0.15) is 0 Å². The molecule has 2 heterocycles. The number of amides is 2. The van der Waals surface area contributed by atoms with E-state index >= 15 is 0 Å². The van der Waals surface area contributed by atoms with Crippen LogP contribution in [0.3, 0.4) is 0 Å². The van der Waals surface area contributed by atoms with Gasteiger partial charge in [0.25, 0.3) is 5.91 Å². The van der Waals surface area contributed by atoms with Crippen LogP contribution in [-0.4, -0.2) is 64.9 Å². The highest BCUT2D eigenvalue weighted by molar-refractivity contribution is 5.93. The Hall–Kier alpha value is -3.16. The van der Waals surface area contributed by atoms with Crippen LogP contribution in [0.15, 0.2) is 30.3 Å². The standard InChI is InChI=1S/C19H23N5O3/c1-13-11-17(18(26)24-9-7-23(8-10-24)14(2)25)22-19(20-13)21-15-5-4-6-16(12-15)27-3/h4-6,11-12H,7-10H2,1-3H3,(H,20,21,22). The van der Waals surface area contributed by atoms with E-state index in [0.29, 0.717) is 49.3 Å². The van der Waals surface area contributed by atoms with Crippen molar-refractivity contribution in [2.24, 2.45) is 0 Å². The van der Waals surface area contributed by atoms with E-state index in [2.05, 4.69) is 15.3 Å². The summed E-state index contributed by atoms with van der Waals surface area (Å²) >= 11 is 0. The number of rotatable bonds is 4. The van der Waals surface area contributed by atoms with Crippen molar-refractivity contribution >= 4 is 23.5 Å². The van der Waals surface area contributed by atoms with Crippen molar-refractivity contribution in [2.75, 3.05) is 38.6 Å². The van der Waals surface area contributed by atoms with Crippen molar-refractivity contribution in [1.82, 2.24) is 19.8 Å². The maximum Gasteiger partial charge on any atom is 0.272 e. The second-order valence-electron chi connectivity index (χ2n) is 6.37. The molecule has 3 rings (SSSR count). The summed E-state index contributed by atoms with van der Waals surface area (Å²) in [5.74, 6) is 0.948. The van der Waals surface area contributed by atoms with E-state index in [4.69, 9.17) is 4.74 Å². The molecule has 8 heteroatoms. The zero-order valence-electron chi connectivity index (χ0n) is 15.7. The zero-order valence-corrected chi connectivity index (χ0v) is 15.7. The minimum atomic E-state index is -0.155. The van der Waals surface area contributed by atoms with Gasteiger partial charge in [0.15, 0.2) is 0 Å². The topological polar surface area (TPSA) is 87.7 Å². The third-order valence-electron chi connectivity index (χ3n) is 4.41.